The molecule has 0 saturated carbocycles. The molecule has 0 radical (unpaired) electrons. The largest absolute Gasteiger partial charge is 0.355 e. The second-order valence-corrected chi connectivity index (χ2v) is 5.19. The van der Waals surface area contributed by atoms with Gasteiger partial charge in [-0.2, -0.15) is 0 Å². The summed E-state index contributed by atoms with van der Waals surface area (Å²) in [6.45, 7) is 6.66. The van der Waals surface area contributed by atoms with E-state index < -0.39 is 0 Å². The number of benzene rings is 1. The van der Waals surface area contributed by atoms with Gasteiger partial charge in [-0.1, -0.05) is 32.9 Å². The maximum atomic E-state index is 3.99. The summed E-state index contributed by atoms with van der Waals surface area (Å²) in [4.78, 5) is 3.99. The summed E-state index contributed by atoms with van der Waals surface area (Å²) in [5.41, 5.74) is 3.71. The van der Waals surface area contributed by atoms with Crippen LogP contribution >= 0.6 is 0 Å². The Morgan fingerprint density at radius 1 is 0.824 bits per heavy atom. The second-order valence-electron chi connectivity index (χ2n) is 5.19. The fourth-order valence-corrected chi connectivity index (χ4v) is 1.66. The predicted molar refractivity (Wildman–Crippen MR) is 72.7 cm³/mol. The van der Waals surface area contributed by atoms with Crippen LogP contribution in [0.25, 0.3) is 0 Å². The minimum absolute atomic E-state index is 0.204. The molecule has 0 unspecified atom stereocenters. The molecule has 2 rings (SSSR count). The molecule has 2 heteroatoms. The predicted octanol–water partition coefficient (Wildman–Crippen LogP) is 4.12. The molecule has 0 spiro atoms. The molecule has 1 aromatic carbocycles. The summed E-state index contributed by atoms with van der Waals surface area (Å²) in [5, 5.41) is 3.34. The molecule has 0 bridgehead atoms. The number of aromatic nitrogens is 1. The SMILES string of the molecule is CC(C)(C)c1ccc(Nc2ccncc2)cc1. The third-order valence-corrected chi connectivity index (χ3v) is 2.72. The van der Waals surface area contributed by atoms with Crippen molar-refractivity contribution in [2.75, 3.05) is 5.32 Å². The summed E-state index contributed by atoms with van der Waals surface area (Å²) in [6, 6.07) is 12.5. The van der Waals surface area contributed by atoms with Crippen LogP contribution in [0.5, 0.6) is 0 Å². The standard InChI is InChI=1S/C15H18N2/c1-15(2,3)12-4-6-13(7-5-12)17-14-8-10-16-11-9-14/h4-11H,1-3H3,(H,16,17). The molecule has 17 heavy (non-hydrogen) atoms. The topological polar surface area (TPSA) is 24.9 Å². The van der Waals surface area contributed by atoms with Crippen molar-refractivity contribution in [2.24, 2.45) is 0 Å². The van der Waals surface area contributed by atoms with Crippen molar-refractivity contribution in [1.82, 2.24) is 4.98 Å². The maximum absolute atomic E-state index is 3.99. The van der Waals surface area contributed by atoms with E-state index in [-0.39, 0.29) is 5.41 Å². The second kappa shape index (κ2) is 4.58. The minimum Gasteiger partial charge on any atom is -0.355 e. The lowest BCUT2D eigenvalue weighted by Crippen LogP contribution is -2.10. The Kier molecular flexibility index (Phi) is 3.14. The number of pyridine rings is 1. The number of anilines is 2. The van der Waals surface area contributed by atoms with Gasteiger partial charge in [0.2, 0.25) is 0 Å². The van der Waals surface area contributed by atoms with Crippen LogP contribution in [0.2, 0.25) is 0 Å². The maximum Gasteiger partial charge on any atom is 0.0415 e. The van der Waals surface area contributed by atoms with Crippen LogP contribution in [0.1, 0.15) is 26.3 Å². The highest BCUT2D eigenvalue weighted by Gasteiger charge is 2.12. The molecular formula is C15H18N2. The van der Waals surface area contributed by atoms with Crippen molar-refractivity contribution in [3.05, 3.63) is 54.4 Å². The summed E-state index contributed by atoms with van der Waals surface area (Å²) in [7, 11) is 0. The normalized spacial score (nSPS) is 11.2. The molecule has 0 amide bonds. The van der Waals surface area contributed by atoms with Crippen LogP contribution in [0.15, 0.2) is 48.8 Å². The molecule has 2 aromatic rings. The Labute approximate surface area is 103 Å². The summed E-state index contributed by atoms with van der Waals surface area (Å²) < 4.78 is 0. The summed E-state index contributed by atoms with van der Waals surface area (Å²) >= 11 is 0. The molecule has 0 atom stereocenters. The van der Waals surface area contributed by atoms with E-state index in [9.17, 15) is 0 Å². The van der Waals surface area contributed by atoms with E-state index in [4.69, 9.17) is 0 Å². The van der Waals surface area contributed by atoms with Crippen LogP contribution in [-0.4, -0.2) is 4.98 Å². The van der Waals surface area contributed by atoms with Gasteiger partial charge in [-0.05, 0) is 35.2 Å². The molecule has 0 saturated heterocycles. The molecule has 2 nitrogen and oxygen atoms in total. The van der Waals surface area contributed by atoms with E-state index in [1.54, 1.807) is 12.4 Å². The quantitative estimate of drug-likeness (QED) is 0.833. The first kappa shape index (κ1) is 11.6. The van der Waals surface area contributed by atoms with Crippen molar-refractivity contribution < 1.29 is 0 Å². The highest BCUT2D eigenvalue weighted by Crippen LogP contribution is 2.24. The Morgan fingerprint density at radius 3 is 1.88 bits per heavy atom. The van der Waals surface area contributed by atoms with Gasteiger partial charge in [0, 0.05) is 23.8 Å². The van der Waals surface area contributed by atoms with E-state index in [0.717, 1.165) is 11.4 Å². The lowest BCUT2D eigenvalue weighted by molar-refractivity contribution is 0.590. The number of rotatable bonds is 2. The number of nitrogens with one attached hydrogen (secondary N) is 1. The highest BCUT2D eigenvalue weighted by atomic mass is 14.9. The average Bonchev–Trinajstić information content (AvgIpc) is 2.30. The molecular weight excluding hydrogens is 208 g/mol. The third kappa shape index (κ3) is 3.06. The van der Waals surface area contributed by atoms with E-state index in [1.807, 2.05) is 12.1 Å². The van der Waals surface area contributed by atoms with Gasteiger partial charge in [-0.25, -0.2) is 0 Å². The van der Waals surface area contributed by atoms with Crippen molar-refractivity contribution in [3.63, 3.8) is 0 Å². The summed E-state index contributed by atoms with van der Waals surface area (Å²) in [5.74, 6) is 0. The fourth-order valence-electron chi connectivity index (χ4n) is 1.66. The molecule has 0 aliphatic rings. The van der Waals surface area contributed by atoms with Gasteiger partial charge in [0.05, 0.1) is 0 Å². The number of hydrogen-bond acceptors (Lipinski definition) is 2. The first-order valence-electron chi connectivity index (χ1n) is 5.83. The zero-order valence-corrected chi connectivity index (χ0v) is 10.6. The van der Waals surface area contributed by atoms with Crippen LogP contribution in [0.4, 0.5) is 11.4 Å². The van der Waals surface area contributed by atoms with Crippen LogP contribution in [-0.2, 0) is 5.41 Å². The summed E-state index contributed by atoms with van der Waals surface area (Å²) in [6.07, 6.45) is 3.57. The highest BCUT2D eigenvalue weighted by molar-refractivity contribution is 5.59. The zero-order chi connectivity index (χ0) is 12.3. The Morgan fingerprint density at radius 2 is 1.35 bits per heavy atom. The van der Waals surface area contributed by atoms with Gasteiger partial charge >= 0.3 is 0 Å². The van der Waals surface area contributed by atoms with Crippen molar-refractivity contribution in [2.45, 2.75) is 26.2 Å². The molecule has 1 heterocycles. The van der Waals surface area contributed by atoms with Gasteiger partial charge < -0.3 is 5.32 Å². The minimum atomic E-state index is 0.204. The van der Waals surface area contributed by atoms with Gasteiger partial charge in [0.25, 0.3) is 0 Å². The Bertz CT molecular complexity index is 467. The van der Waals surface area contributed by atoms with Crippen molar-refractivity contribution >= 4 is 11.4 Å². The number of nitrogens with zero attached hydrogens (tertiary/aromatic N) is 1. The third-order valence-electron chi connectivity index (χ3n) is 2.72. The first-order chi connectivity index (χ1) is 8.05. The van der Waals surface area contributed by atoms with E-state index in [2.05, 4.69) is 55.3 Å². The Hall–Kier alpha value is -1.83. The van der Waals surface area contributed by atoms with Crippen molar-refractivity contribution in [1.29, 1.82) is 0 Å². The van der Waals surface area contributed by atoms with Crippen LogP contribution in [0.3, 0.4) is 0 Å². The zero-order valence-electron chi connectivity index (χ0n) is 10.6. The van der Waals surface area contributed by atoms with Crippen LogP contribution in [0, 0.1) is 0 Å². The number of hydrogen-bond donors (Lipinski definition) is 1. The lowest BCUT2D eigenvalue weighted by atomic mass is 9.87. The Balaban J connectivity index is 2.14. The molecule has 0 aliphatic carbocycles. The molecule has 0 fully saturated rings. The van der Waals surface area contributed by atoms with Gasteiger partial charge in [0.15, 0.2) is 0 Å². The fraction of sp³-hybridized carbons (Fsp3) is 0.267. The van der Waals surface area contributed by atoms with Gasteiger partial charge in [-0.15, -0.1) is 0 Å². The molecule has 1 N–H and O–H groups in total. The van der Waals surface area contributed by atoms with E-state index in [0.29, 0.717) is 0 Å². The van der Waals surface area contributed by atoms with Crippen LogP contribution < -0.4 is 5.32 Å². The lowest BCUT2D eigenvalue weighted by Gasteiger charge is -2.19. The first-order valence-corrected chi connectivity index (χ1v) is 5.83. The molecule has 1 aromatic heterocycles. The molecule has 0 aliphatic heterocycles. The average molecular weight is 226 g/mol. The monoisotopic (exact) mass is 226 g/mol. The van der Waals surface area contributed by atoms with Gasteiger partial charge in [0.1, 0.15) is 0 Å². The van der Waals surface area contributed by atoms with Gasteiger partial charge in [-0.3, -0.25) is 4.98 Å². The van der Waals surface area contributed by atoms with E-state index in [1.165, 1.54) is 5.56 Å². The van der Waals surface area contributed by atoms with E-state index >= 15 is 0 Å². The van der Waals surface area contributed by atoms with Crippen molar-refractivity contribution in [3.8, 4) is 0 Å². The smallest absolute Gasteiger partial charge is 0.0415 e. The molecule has 88 valence electrons.